The lowest BCUT2D eigenvalue weighted by Crippen LogP contribution is -2.51. The standard InChI is InChI=1S/2C27H36N4O4.4H2/c2*1-16-15-28-22(29-16)23(32)31-20-8-7-19(30-21(20)17-9-11-25(2,3)12-10-17)18-13-26(4,5)35-27(6,14-18)24(33)34;;;;/h2*7-9,15,18H,10-14H2,1-6H3,(H,28,29)(H,31,32)(H,33,34);4*1H/i9D,10D2,12D;9D,10D2,11D;;;;. The van der Waals surface area contributed by atoms with Gasteiger partial charge in [-0.2, -0.15) is 0 Å². The minimum Gasteiger partial charge on any atom is -0.479 e. The molecule has 6 N–H and O–H groups in total. The van der Waals surface area contributed by atoms with Gasteiger partial charge in [0.25, 0.3) is 11.8 Å². The van der Waals surface area contributed by atoms with Crippen molar-refractivity contribution in [1.29, 1.82) is 0 Å². The fourth-order valence-corrected chi connectivity index (χ4v) is 9.42. The number of carboxylic acid groups (broad SMARTS) is 2. The second-order valence-corrected chi connectivity index (χ2v) is 22.0. The molecule has 6 heterocycles. The Morgan fingerprint density at radius 3 is 1.53 bits per heavy atom. The van der Waals surface area contributed by atoms with Gasteiger partial charge in [-0.3, -0.25) is 19.6 Å². The van der Waals surface area contributed by atoms with Crippen LogP contribution < -0.4 is 10.6 Å². The summed E-state index contributed by atoms with van der Waals surface area (Å²) >= 11 is 0. The molecule has 384 valence electrons. The minimum atomic E-state index is -2.24. The second-order valence-electron chi connectivity index (χ2n) is 22.0. The maximum Gasteiger partial charge on any atom is 0.335 e. The number of aryl methyl sites for hydroxylation is 2. The number of hydrogen-bond donors (Lipinski definition) is 6. The number of nitrogens with one attached hydrogen (secondary N) is 4. The van der Waals surface area contributed by atoms with Gasteiger partial charge in [-0.15, -0.1) is 0 Å². The van der Waals surface area contributed by atoms with Crippen LogP contribution in [0, 0.1) is 24.7 Å². The van der Waals surface area contributed by atoms with Gasteiger partial charge in [0, 0.05) is 60.9 Å². The van der Waals surface area contributed by atoms with E-state index in [1.807, 2.05) is 27.7 Å². The average Bonchev–Trinajstić information content (AvgIpc) is 3.95. The van der Waals surface area contributed by atoms with Crippen LogP contribution in [0.1, 0.15) is 217 Å². The van der Waals surface area contributed by atoms with Crippen LogP contribution in [-0.2, 0) is 19.1 Å². The monoisotopic (exact) mass is 977 g/mol. The summed E-state index contributed by atoms with van der Waals surface area (Å²) in [7, 11) is 0. The van der Waals surface area contributed by atoms with E-state index in [1.54, 1.807) is 65.8 Å². The van der Waals surface area contributed by atoms with Crippen LogP contribution in [-0.4, -0.2) is 86.3 Å². The van der Waals surface area contributed by atoms with Gasteiger partial charge >= 0.3 is 11.9 Å². The molecule has 0 saturated carbocycles. The van der Waals surface area contributed by atoms with E-state index < -0.39 is 82.5 Å². The first-order valence-corrected chi connectivity index (χ1v) is 23.5. The number of rotatable bonds is 10. The number of aromatic amines is 2. The molecule has 0 aromatic carbocycles. The molecule has 4 aromatic heterocycles. The molecule has 2 aliphatic heterocycles. The quantitative estimate of drug-likeness (QED) is 0.0871. The molecule has 2 saturated heterocycles. The van der Waals surface area contributed by atoms with Gasteiger partial charge in [0.2, 0.25) is 0 Å². The van der Waals surface area contributed by atoms with Gasteiger partial charge in [0.05, 0.1) is 36.7 Å². The number of H-pyrrole nitrogens is 2. The predicted molar refractivity (Wildman–Crippen MR) is 277 cm³/mol. The lowest BCUT2D eigenvalue weighted by molar-refractivity contribution is -0.200. The number of carbonyl (C=O) groups is 4. The fourth-order valence-electron chi connectivity index (χ4n) is 9.42. The maximum absolute atomic E-state index is 13.0. The minimum absolute atomic E-state index is 0. The van der Waals surface area contributed by atoms with E-state index in [1.165, 1.54) is 26.2 Å². The van der Waals surface area contributed by atoms with Crippen LogP contribution in [0.15, 0.2) is 48.8 Å². The molecule has 4 aromatic rings. The highest BCUT2D eigenvalue weighted by atomic mass is 16.6. The molecule has 2 fully saturated rings. The zero-order chi connectivity index (χ0) is 58.3. The number of carboxylic acids is 2. The Morgan fingerprint density at radius 2 is 1.11 bits per heavy atom. The molecular formula is C54H80N8O8. The largest absolute Gasteiger partial charge is 0.479 e. The number of amides is 2. The lowest BCUT2D eigenvalue weighted by atomic mass is 9.77. The number of anilines is 2. The Kier molecular flexibility index (Phi) is 11.5. The van der Waals surface area contributed by atoms with E-state index in [2.05, 4.69) is 30.6 Å². The topological polar surface area (TPSA) is 234 Å². The van der Waals surface area contributed by atoms with Crippen molar-refractivity contribution in [3.8, 4) is 0 Å². The molecular weight excluding hydrogens is 889 g/mol. The molecule has 16 heteroatoms. The van der Waals surface area contributed by atoms with Crippen LogP contribution in [0.4, 0.5) is 11.4 Å². The fraction of sp³-hybridized carbons (Fsp3) is 0.556. The Morgan fingerprint density at radius 1 is 0.671 bits per heavy atom. The molecule has 8 rings (SSSR count). The van der Waals surface area contributed by atoms with Crippen molar-refractivity contribution in [2.75, 3.05) is 10.6 Å². The van der Waals surface area contributed by atoms with Crippen LogP contribution in [0.5, 0.6) is 0 Å². The zero-order valence-corrected chi connectivity index (χ0v) is 42.1. The van der Waals surface area contributed by atoms with E-state index in [0.717, 1.165) is 0 Å². The van der Waals surface area contributed by atoms with E-state index in [-0.39, 0.29) is 101 Å². The summed E-state index contributed by atoms with van der Waals surface area (Å²) in [6, 6.07) is 6.37. The Balaban J connectivity index is 0.000000410. The van der Waals surface area contributed by atoms with Gasteiger partial charge < -0.3 is 40.3 Å². The van der Waals surface area contributed by atoms with E-state index in [4.69, 9.17) is 30.4 Å². The summed E-state index contributed by atoms with van der Waals surface area (Å²) in [4.78, 5) is 73.6. The van der Waals surface area contributed by atoms with E-state index in [9.17, 15) is 29.4 Å². The number of aromatic nitrogens is 6. The molecule has 0 bridgehead atoms. The first-order chi connectivity index (χ1) is 35.7. The third-order valence-corrected chi connectivity index (χ3v) is 12.8. The molecule has 4 aliphatic rings. The number of nitrogens with zero attached hydrogens (tertiary/aromatic N) is 4. The third-order valence-electron chi connectivity index (χ3n) is 12.8. The van der Waals surface area contributed by atoms with Crippen LogP contribution in [0.3, 0.4) is 0 Å². The molecule has 2 amide bonds. The summed E-state index contributed by atoms with van der Waals surface area (Å²) in [5.74, 6) is -3.85. The zero-order valence-electron chi connectivity index (χ0n) is 50.1. The number of aliphatic carboxylic acids is 2. The van der Waals surface area contributed by atoms with Crippen molar-refractivity contribution in [3.63, 3.8) is 0 Å². The van der Waals surface area contributed by atoms with Crippen molar-refractivity contribution >= 4 is 46.3 Å². The highest BCUT2D eigenvalue weighted by Crippen LogP contribution is 2.47. The van der Waals surface area contributed by atoms with E-state index in [0.29, 0.717) is 35.6 Å². The number of carbonyl (C=O) groups excluding carboxylic acids is 2. The number of pyridine rings is 2. The summed E-state index contributed by atoms with van der Waals surface area (Å²) in [6.45, 7) is 20.9. The highest BCUT2D eigenvalue weighted by Gasteiger charge is 2.49. The number of ether oxygens (including phenoxy) is 2. The molecule has 16 nitrogen and oxygen atoms in total. The van der Waals surface area contributed by atoms with Crippen molar-refractivity contribution < 1.29 is 55.5 Å². The first kappa shape index (κ1) is 41.8. The van der Waals surface area contributed by atoms with E-state index >= 15 is 0 Å². The van der Waals surface area contributed by atoms with Crippen molar-refractivity contribution in [2.24, 2.45) is 10.8 Å². The third kappa shape index (κ3) is 12.1. The van der Waals surface area contributed by atoms with Crippen LogP contribution in [0.25, 0.3) is 11.1 Å². The van der Waals surface area contributed by atoms with Crippen LogP contribution >= 0.6 is 0 Å². The van der Waals surface area contributed by atoms with Gasteiger partial charge in [0.1, 0.15) is 0 Å². The maximum atomic E-state index is 13.0. The SMILES string of the molecule is [2H]C1=C(c2nc(C3CC(C)(C)OC(C)(C(=O)O)C3)ccc2NC(=O)c2ncc(C)[nH]2)C([2H])([2H])C([2H])C(C)(C)C1.[2H]C1=C(c2nc(C3CC(C)(C)OC(C)(C(=O)O)C3)ccc2NC(=O)c2ncc(C)[nH]2)C([2H])([2H])CC(C)(C)C1[2H].[HH].[HH].[HH].[HH]. The van der Waals surface area contributed by atoms with Gasteiger partial charge in [-0.25, -0.2) is 19.6 Å². The number of hydrogen-bond acceptors (Lipinski definition) is 10. The highest BCUT2D eigenvalue weighted by molar-refractivity contribution is 6.03. The summed E-state index contributed by atoms with van der Waals surface area (Å²) in [6.07, 6.45) is -2.04. The molecule has 0 radical (unpaired) electrons. The van der Waals surface area contributed by atoms with Crippen molar-refractivity contribution in [2.45, 2.75) is 181 Å². The van der Waals surface area contributed by atoms with Gasteiger partial charge in [0.15, 0.2) is 22.9 Å². The van der Waals surface area contributed by atoms with Gasteiger partial charge in [-0.1, -0.05) is 39.8 Å². The first-order valence-electron chi connectivity index (χ1n) is 27.7. The summed E-state index contributed by atoms with van der Waals surface area (Å²) in [5.41, 5.74) is -3.24. The van der Waals surface area contributed by atoms with Gasteiger partial charge in [-0.05, 0) is 166 Å². The van der Waals surface area contributed by atoms with Crippen molar-refractivity contribution in [3.05, 3.63) is 94.6 Å². The normalized spacial score (nSPS) is 31.0. The van der Waals surface area contributed by atoms with Crippen LogP contribution in [0.2, 0.25) is 0 Å². The molecule has 6 unspecified atom stereocenters. The van der Waals surface area contributed by atoms with Crippen molar-refractivity contribution in [1.82, 2.24) is 29.9 Å². The smallest absolute Gasteiger partial charge is 0.335 e. The summed E-state index contributed by atoms with van der Waals surface area (Å²) in [5, 5.41) is 25.3. The predicted octanol–water partition coefficient (Wildman–Crippen LogP) is 11.9. The second kappa shape index (κ2) is 19.3. The Bertz CT molecular complexity index is 3120. The molecule has 2 aliphatic carbocycles. The molecule has 6 atom stereocenters. The lowest BCUT2D eigenvalue weighted by Gasteiger charge is -2.44. The average molecular weight is 977 g/mol. The molecule has 0 spiro atoms. The Labute approximate surface area is 428 Å². The number of allylic oxidation sites excluding steroid dienone is 4. The Hall–Kier alpha value is -6.00. The summed E-state index contributed by atoms with van der Waals surface area (Å²) < 4.78 is 82.3. The molecule has 70 heavy (non-hydrogen) atoms. The number of imidazole rings is 2.